The molecule has 0 aliphatic heterocycles. The molecule has 0 aromatic heterocycles. The Balaban J connectivity index is 2.22. The van der Waals surface area contributed by atoms with Crippen LogP contribution in [0.15, 0.2) is 48.5 Å². The maximum Gasteiger partial charge on any atom is 0.126 e. The molecule has 0 saturated heterocycles. The van der Waals surface area contributed by atoms with Gasteiger partial charge in [-0.05, 0) is 41.8 Å². The summed E-state index contributed by atoms with van der Waals surface area (Å²) >= 11 is 0. The van der Waals surface area contributed by atoms with Gasteiger partial charge < -0.3 is 5.73 Å². The molecule has 0 amide bonds. The van der Waals surface area contributed by atoms with E-state index in [0.29, 0.717) is 12.1 Å². The van der Waals surface area contributed by atoms with Crippen LogP contribution in [0.25, 0.3) is 17.2 Å². The van der Waals surface area contributed by atoms with E-state index in [0.717, 1.165) is 23.6 Å². The largest absolute Gasteiger partial charge is 0.330 e. The Morgan fingerprint density at radius 3 is 2.11 bits per heavy atom. The first kappa shape index (κ1) is 13.4. The minimum atomic E-state index is -0.568. The minimum Gasteiger partial charge on any atom is -0.330 e. The van der Waals surface area contributed by atoms with Gasteiger partial charge in [-0.2, -0.15) is 0 Å². The molecule has 0 bridgehead atoms. The van der Waals surface area contributed by atoms with Gasteiger partial charge in [0.15, 0.2) is 0 Å². The Morgan fingerprint density at radius 1 is 0.895 bits per heavy atom. The molecule has 0 unspecified atom stereocenters. The van der Waals surface area contributed by atoms with E-state index >= 15 is 0 Å². The monoisotopic (exact) mass is 259 g/mol. The van der Waals surface area contributed by atoms with Crippen molar-refractivity contribution >= 4 is 6.08 Å². The first-order chi connectivity index (χ1) is 9.19. The predicted octanol–water partition coefficient (Wildman–Crippen LogP) is 3.99. The van der Waals surface area contributed by atoms with E-state index in [2.05, 4.69) is 0 Å². The molecule has 3 heteroatoms. The third kappa shape index (κ3) is 3.73. The molecule has 1 nitrogen and oxygen atoms in total. The van der Waals surface area contributed by atoms with Crippen molar-refractivity contribution < 1.29 is 8.78 Å². The molecule has 2 aromatic carbocycles. The van der Waals surface area contributed by atoms with Crippen LogP contribution in [0.5, 0.6) is 0 Å². The van der Waals surface area contributed by atoms with Crippen molar-refractivity contribution in [3.8, 4) is 11.1 Å². The third-order valence-electron chi connectivity index (χ3n) is 2.75. The van der Waals surface area contributed by atoms with Crippen molar-refractivity contribution in [2.24, 2.45) is 5.73 Å². The summed E-state index contributed by atoms with van der Waals surface area (Å²) in [5.74, 6) is -1.14. The molecule has 0 heterocycles. The summed E-state index contributed by atoms with van der Waals surface area (Å²) < 4.78 is 26.3. The summed E-state index contributed by atoms with van der Waals surface area (Å²) in [5.41, 5.74) is 7.76. The molecule has 0 spiro atoms. The molecule has 0 aliphatic carbocycles. The second-order valence-corrected chi connectivity index (χ2v) is 4.26. The highest BCUT2D eigenvalue weighted by Crippen LogP contribution is 2.22. The topological polar surface area (TPSA) is 26.0 Å². The van der Waals surface area contributed by atoms with Gasteiger partial charge in [0, 0.05) is 6.07 Å². The van der Waals surface area contributed by atoms with Crippen LogP contribution in [0.4, 0.5) is 8.78 Å². The predicted molar refractivity (Wildman–Crippen MR) is 74.5 cm³/mol. The van der Waals surface area contributed by atoms with E-state index in [1.54, 1.807) is 0 Å². The number of halogens is 2. The van der Waals surface area contributed by atoms with Gasteiger partial charge in [0.25, 0.3) is 0 Å². The zero-order chi connectivity index (χ0) is 13.7. The van der Waals surface area contributed by atoms with Crippen molar-refractivity contribution in [2.45, 2.75) is 6.42 Å². The van der Waals surface area contributed by atoms with Crippen molar-refractivity contribution in [3.63, 3.8) is 0 Å². The van der Waals surface area contributed by atoms with Crippen LogP contribution in [-0.2, 0) is 0 Å². The van der Waals surface area contributed by atoms with Crippen LogP contribution >= 0.6 is 0 Å². The SMILES string of the molecule is NCC/C=C/c1ccc(-c2cc(F)cc(F)c2)cc1. The Bertz CT molecular complexity index is 554. The van der Waals surface area contributed by atoms with Gasteiger partial charge in [-0.25, -0.2) is 8.78 Å². The summed E-state index contributed by atoms with van der Waals surface area (Å²) in [7, 11) is 0. The van der Waals surface area contributed by atoms with Gasteiger partial charge in [-0.3, -0.25) is 0 Å². The summed E-state index contributed by atoms with van der Waals surface area (Å²) in [6.07, 6.45) is 4.80. The van der Waals surface area contributed by atoms with Crippen LogP contribution < -0.4 is 5.73 Å². The molecular formula is C16H15F2N. The van der Waals surface area contributed by atoms with Crippen LogP contribution in [0.3, 0.4) is 0 Å². The molecule has 2 rings (SSSR count). The fourth-order valence-electron chi connectivity index (χ4n) is 1.82. The normalized spacial score (nSPS) is 11.1. The highest BCUT2D eigenvalue weighted by Gasteiger charge is 2.02. The Morgan fingerprint density at radius 2 is 1.53 bits per heavy atom. The molecule has 0 aliphatic rings. The lowest BCUT2D eigenvalue weighted by molar-refractivity contribution is 0.584. The van der Waals surface area contributed by atoms with Crippen molar-refractivity contribution in [3.05, 3.63) is 65.7 Å². The lowest BCUT2D eigenvalue weighted by Gasteiger charge is -2.03. The van der Waals surface area contributed by atoms with Gasteiger partial charge in [0.2, 0.25) is 0 Å². The summed E-state index contributed by atoms with van der Waals surface area (Å²) in [6, 6.07) is 11.0. The summed E-state index contributed by atoms with van der Waals surface area (Å²) in [4.78, 5) is 0. The third-order valence-corrected chi connectivity index (χ3v) is 2.75. The molecule has 2 N–H and O–H groups in total. The molecule has 98 valence electrons. The zero-order valence-corrected chi connectivity index (χ0v) is 10.4. The standard InChI is InChI=1S/C16H15F2N/c17-15-9-14(10-16(18)11-15)13-6-4-12(5-7-13)3-1-2-8-19/h1,3-7,9-11H,2,8,19H2/b3-1+. The number of benzene rings is 2. The van der Waals surface area contributed by atoms with Gasteiger partial charge >= 0.3 is 0 Å². The van der Waals surface area contributed by atoms with Crippen LogP contribution in [-0.4, -0.2) is 6.54 Å². The van der Waals surface area contributed by atoms with Crippen LogP contribution in [0.1, 0.15) is 12.0 Å². The second kappa shape index (κ2) is 6.25. The highest BCUT2D eigenvalue weighted by molar-refractivity contribution is 5.65. The fraction of sp³-hybridized carbons (Fsp3) is 0.125. The first-order valence-corrected chi connectivity index (χ1v) is 6.12. The van der Waals surface area contributed by atoms with E-state index < -0.39 is 11.6 Å². The average molecular weight is 259 g/mol. The smallest absolute Gasteiger partial charge is 0.126 e. The zero-order valence-electron chi connectivity index (χ0n) is 10.4. The van der Waals surface area contributed by atoms with E-state index in [1.165, 1.54) is 12.1 Å². The average Bonchev–Trinajstić information content (AvgIpc) is 2.39. The lowest BCUT2D eigenvalue weighted by Crippen LogP contribution is -1.94. The molecule has 0 fully saturated rings. The number of nitrogens with two attached hydrogens (primary N) is 1. The minimum absolute atomic E-state index is 0.537. The molecule has 19 heavy (non-hydrogen) atoms. The van der Waals surface area contributed by atoms with Crippen molar-refractivity contribution in [2.75, 3.05) is 6.54 Å². The Labute approximate surface area is 111 Å². The maximum atomic E-state index is 13.1. The summed E-state index contributed by atoms with van der Waals surface area (Å²) in [6.45, 7) is 0.622. The van der Waals surface area contributed by atoms with E-state index in [1.807, 2.05) is 36.4 Å². The maximum absolute atomic E-state index is 13.1. The van der Waals surface area contributed by atoms with Gasteiger partial charge in [0.1, 0.15) is 11.6 Å². The van der Waals surface area contributed by atoms with Crippen LogP contribution in [0, 0.1) is 11.6 Å². The van der Waals surface area contributed by atoms with Gasteiger partial charge in [0.05, 0.1) is 0 Å². The molecule has 0 saturated carbocycles. The van der Waals surface area contributed by atoms with E-state index in [-0.39, 0.29) is 0 Å². The van der Waals surface area contributed by atoms with E-state index in [9.17, 15) is 8.78 Å². The number of rotatable bonds is 4. The van der Waals surface area contributed by atoms with Gasteiger partial charge in [-0.1, -0.05) is 36.4 Å². The Kier molecular flexibility index (Phi) is 4.42. The summed E-state index contributed by atoms with van der Waals surface area (Å²) in [5, 5.41) is 0. The number of hydrogen-bond acceptors (Lipinski definition) is 1. The fourth-order valence-corrected chi connectivity index (χ4v) is 1.82. The first-order valence-electron chi connectivity index (χ1n) is 6.12. The van der Waals surface area contributed by atoms with E-state index in [4.69, 9.17) is 5.73 Å². The molecule has 0 atom stereocenters. The second-order valence-electron chi connectivity index (χ2n) is 4.26. The van der Waals surface area contributed by atoms with Crippen molar-refractivity contribution in [1.29, 1.82) is 0 Å². The van der Waals surface area contributed by atoms with Crippen LogP contribution in [0.2, 0.25) is 0 Å². The van der Waals surface area contributed by atoms with Crippen molar-refractivity contribution in [1.82, 2.24) is 0 Å². The lowest BCUT2D eigenvalue weighted by atomic mass is 10.0. The molecule has 2 aromatic rings. The highest BCUT2D eigenvalue weighted by atomic mass is 19.1. The quantitative estimate of drug-likeness (QED) is 0.882. The molecular weight excluding hydrogens is 244 g/mol. The molecule has 0 radical (unpaired) electrons. The van der Waals surface area contributed by atoms with Gasteiger partial charge in [-0.15, -0.1) is 0 Å². The Hall–Kier alpha value is -2.00. The number of hydrogen-bond donors (Lipinski definition) is 1.